The van der Waals surface area contributed by atoms with Crippen LogP contribution in [0.5, 0.6) is 5.88 Å². The van der Waals surface area contributed by atoms with E-state index in [-0.39, 0.29) is 17.9 Å². The molecule has 17 nitrogen and oxygen atoms in total. The summed E-state index contributed by atoms with van der Waals surface area (Å²) in [5.74, 6) is -0.0300. The summed E-state index contributed by atoms with van der Waals surface area (Å²) in [6.45, 7) is 16.4. The number of ether oxygens (including phenoxy) is 6. The number of anilines is 3. The first kappa shape index (κ1) is 43.9. The Bertz CT molecular complexity index is 1740. The number of aromatic nitrogens is 3. The van der Waals surface area contributed by atoms with Crippen molar-refractivity contribution in [3.63, 3.8) is 0 Å². The summed E-state index contributed by atoms with van der Waals surface area (Å²) in [6, 6.07) is 9.98. The molecule has 3 rings (SSSR count). The lowest BCUT2D eigenvalue weighted by Gasteiger charge is -2.23. The fourth-order valence-corrected chi connectivity index (χ4v) is 5.25. The van der Waals surface area contributed by atoms with Crippen LogP contribution in [0.25, 0.3) is 11.3 Å². The van der Waals surface area contributed by atoms with Gasteiger partial charge >= 0.3 is 6.09 Å². The maximum Gasteiger partial charge on any atom is 0.407 e. The molecule has 2 amide bonds. The molecule has 0 aliphatic rings. The van der Waals surface area contributed by atoms with Gasteiger partial charge in [-0.25, -0.2) is 22.9 Å². The highest BCUT2D eigenvalue weighted by molar-refractivity contribution is 7.92. The third-order valence-corrected chi connectivity index (χ3v) is 8.39. The molecular weight excluding hydrogens is 723 g/mol. The standard InChI is InChI=1S/C36H55N7O10S/c1-8-54(46,47)42-27-11-9-26(10-12-27)31-30(32(37)44)33(43(41-31)35(2,3)4)40-28-13-14-38-29(25-28)52-24-23-51-22-21-50-20-19-49-18-17-48-16-15-39-34(45)53-36(5,6)7/h9-14,25,42H,8,15-24H2,1-7H3,(H2,37,44)(H,38,40)(H,39,45). The van der Waals surface area contributed by atoms with Crippen LogP contribution in [-0.2, 0) is 39.2 Å². The SMILES string of the molecule is CCS(=O)(=O)Nc1ccc(-c2nn(C(C)(C)C)c(Nc3ccnc(OCCOCCOCCOCCOCCNC(=O)OC(C)(C)C)c3)c2C(N)=O)cc1. The van der Waals surface area contributed by atoms with Crippen molar-refractivity contribution in [2.45, 2.75) is 59.6 Å². The number of nitrogens with one attached hydrogen (secondary N) is 3. The Hall–Kier alpha value is -4.49. The summed E-state index contributed by atoms with van der Waals surface area (Å²) in [5, 5.41) is 10.7. The average Bonchev–Trinajstić information content (AvgIpc) is 3.48. The van der Waals surface area contributed by atoms with Crippen LogP contribution in [0.4, 0.5) is 22.0 Å². The van der Waals surface area contributed by atoms with E-state index in [9.17, 15) is 18.0 Å². The van der Waals surface area contributed by atoms with E-state index in [0.29, 0.717) is 93.7 Å². The molecule has 300 valence electrons. The lowest BCUT2D eigenvalue weighted by molar-refractivity contribution is -0.00468. The first-order valence-corrected chi connectivity index (χ1v) is 19.3. The number of carbonyl (C=O) groups is 2. The van der Waals surface area contributed by atoms with Crippen molar-refractivity contribution in [3.8, 4) is 17.1 Å². The Balaban J connectivity index is 1.41. The Morgan fingerprint density at radius 1 is 0.815 bits per heavy atom. The Labute approximate surface area is 317 Å². The first-order valence-electron chi connectivity index (χ1n) is 17.7. The van der Waals surface area contributed by atoms with Gasteiger partial charge in [0.2, 0.25) is 15.9 Å². The van der Waals surface area contributed by atoms with Gasteiger partial charge < -0.3 is 44.8 Å². The number of rotatable bonds is 23. The van der Waals surface area contributed by atoms with E-state index >= 15 is 0 Å². The summed E-state index contributed by atoms with van der Waals surface area (Å²) < 4.78 is 61.1. The molecule has 0 fully saturated rings. The highest BCUT2D eigenvalue weighted by Crippen LogP contribution is 2.35. The zero-order valence-electron chi connectivity index (χ0n) is 32.2. The maximum absolute atomic E-state index is 12.9. The van der Waals surface area contributed by atoms with Gasteiger partial charge in [-0.2, -0.15) is 5.10 Å². The predicted molar refractivity (Wildman–Crippen MR) is 205 cm³/mol. The van der Waals surface area contributed by atoms with Gasteiger partial charge in [-0.15, -0.1) is 0 Å². The van der Waals surface area contributed by atoms with Crippen LogP contribution >= 0.6 is 0 Å². The van der Waals surface area contributed by atoms with Crippen molar-refractivity contribution in [2.75, 3.05) is 81.8 Å². The number of carbonyl (C=O) groups excluding carboxylic acids is 2. The fourth-order valence-electron chi connectivity index (χ4n) is 4.61. The lowest BCUT2D eigenvalue weighted by Crippen LogP contribution is -2.34. The number of primary amides is 1. The largest absolute Gasteiger partial charge is 0.475 e. The summed E-state index contributed by atoms with van der Waals surface area (Å²) in [7, 11) is -3.45. The normalized spacial score (nSPS) is 12.0. The van der Waals surface area contributed by atoms with E-state index in [2.05, 4.69) is 20.3 Å². The fraction of sp³-hybridized carbons (Fsp3) is 0.556. The minimum Gasteiger partial charge on any atom is -0.475 e. The minimum absolute atomic E-state index is 0.0610. The number of hydrogen-bond donors (Lipinski definition) is 4. The van der Waals surface area contributed by atoms with E-state index in [1.54, 1.807) is 75.0 Å². The molecule has 3 aromatic rings. The van der Waals surface area contributed by atoms with Gasteiger partial charge in [0.1, 0.15) is 29.3 Å². The van der Waals surface area contributed by atoms with Crippen LogP contribution in [0.1, 0.15) is 58.8 Å². The third kappa shape index (κ3) is 15.5. The smallest absolute Gasteiger partial charge is 0.407 e. The molecular formula is C36H55N7O10S. The average molecular weight is 778 g/mol. The maximum atomic E-state index is 12.9. The molecule has 18 heteroatoms. The molecule has 2 aromatic heterocycles. The molecule has 0 unspecified atom stereocenters. The summed E-state index contributed by atoms with van der Waals surface area (Å²) >= 11 is 0. The lowest BCUT2D eigenvalue weighted by atomic mass is 10.1. The number of nitrogens with zero attached hydrogens (tertiary/aromatic N) is 3. The van der Waals surface area contributed by atoms with E-state index in [1.807, 2.05) is 20.8 Å². The molecule has 0 aliphatic heterocycles. The zero-order valence-corrected chi connectivity index (χ0v) is 33.0. The second-order valence-corrected chi connectivity index (χ2v) is 15.8. The van der Waals surface area contributed by atoms with E-state index in [1.165, 1.54) is 0 Å². The van der Waals surface area contributed by atoms with Crippen molar-refractivity contribution in [2.24, 2.45) is 5.73 Å². The molecule has 0 spiro atoms. The molecule has 0 atom stereocenters. The van der Waals surface area contributed by atoms with Gasteiger partial charge in [-0.1, -0.05) is 12.1 Å². The second kappa shape index (κ2) is 20.8. The Morgan fingerprint density at radius 2 is 1.39 bits per heavy atom. The summed E-state index contributed by atoms with van der Waals surface area (Å²) in [5.41, 5.74) is 6.88. The number of pyridine rings is 1. The van der Waals surface area contributed by atoms with Crippen LogP contribution in [-0.4, -0.2) is 113 Å². The monoisotopic (exact) mass is 777 g/mol. The van der Waals surface area contributed by atoms with Crippen LogP contribution in [0.15, 0.2) is 42.6 Å². The number of sulfonamides is 1. The van der Waals surface area contributed by atoms with E-state index < -0.39 is 33.2 Å². The van der Waals surface area contributed by atoms with Gasteiger partial charge in [0.05, 0.1) is 64.1 Å². The van der Waals surface area contributed by atoms with Crippen molar-refractivity contribution >= 4 is 39.2 Å². The summed E-state index contributed by atoms with van der Waals surface area (Å²) in [4.78, 5) is 28.7. The molecule has 5 N–H and O–H groups in total. The molecule has 0 radical (unpaired) electrons. The summed E-state index contributed by atoms with van der Waals surface area (Å²) in [6.07, 6.45) is 1.10. The second-order valence-electron chi connectivity index (χ2n) is 13.8. The van der Waals surface area contributed by atoms with Crippen molar-refractivity contribution < 1.29 is 46.4 Å². The van der Waals surface area contributed by atoms with Gasteiger partial charge in [-0.05, 0) is 66.7 Å². The third-order valence-electron chi connectivity index (χ3n) is 7.08. The van der Waals surface area contributed by atoms with Crippen LogP contribution in [0, 0.1) is 0 Å². The highest BCUT2D eigenvalue weighted by Gasteiger charge is 2.29. The Morgan fingerprint density at radius 3 is 1.93 bits per heavy atom. The molecule has 0 saturated heterocycles. The van der Waals surface area contributed by atoms with Gasteiger partial charge in [-0.3, -0.25) is 9.52 Å². The number of hydrogen-bond acceptors (Lipinski definition) is 13. The number of benzene rings is 1. The molecule has 54 heavy (non-hydrogen) atoms. The van der Waals surface area contributed by atoms with Crippen molar-refractivity contribution in [1.29, 1.82) is 0 Å². The van der Waals surface area contributed by atoms with Crippen molar-refractivity contribution in [1.82, 2.24) is 20.1 Å². The molecule has 0 saturated carbocycles. The highest BCUT2D eigenvalue weighted by atomic mass is 32.2. The molecule has 1 aromatic carbocycles. The number of amides is 2. The van der Waals surface area contributed by atoms with Crippen LogP contribution in [0.2, 0.25) is 0 Å². The van der Waals surface area contributed by atoms with Crippen molar-refractivity contribution in [3.05, 3.63) is 48.2 Å². The number of alkyl carbamates (subject to hydrolysis) is 1. The van der Waals surface area contributed by atoms with Gasteiger partial charge in [0, 0.05) is 35.7 Å². The van der Waals surface area contributed by atoms with Crippen LogP contribution < -0.4 is 25.8 Å². The van der Waals surface area contributed by atoms with E-state index in [4.69, 9.17) is 39.3 Å². The predicted octanol–water partition coefficient (Wildman–Crippen LogP) is 4.27. The molecule has 0 aliphatic carbocycles. The van der Waals surface area contributed by atoms with Crippen LogP contribution in [0.3, 0.4) is 0 Å². The van der Waals surface area contributed by atoms with E-state index in [0.717, 1.165) is 0 Å². The van der Waals surface area contributed by atoms with Gasteiger partial charge in [0.15, 0.2) is 0 Å². The molecule has 2 heterocycles. The number of nitrogens with two attached hydrogens (primary N) is 1. The Kier molecular flexibility index (Phi) is 16.9. The van der Waals surface area contributed by atoms with Gasteiger partial charge in [0.25, 0.3) is 5.91 Å². The quantitative estimate of drug-likeness (QED) is 0.0991. The topological polar surface area (TPSA) is 216 Å². The first-order chi connectivity index (χ1) is 25.5. The zero-order chi connectivity index (χ0) is 39.8. The minimum atomic E-state index is -3.45. The molecule has 0 bridgehead atoms.